The summed E-state index contributed by atoms with van der Waals surface area (Å²) < 4.78 is 26.2. The highest BCUT2D eigenvalue weighted by molar-refractivity contribution is 7.89. The minimum atomic E-state index is -3.43. The van der Waals surface area contributed by atoms with Crippen LogP contribution in [-0.4, -0.2) is 60.3 Å². The number of imidazole rings is 1. The minimum absolute atomic E-state index is 0.0846. The maximum atomic E-state index is 12.3. The fraction of sp³-hybridized carbons (Fsp3) is 0.750. The van der Waals surface area contributed by atoms with Gasteiger partial charge in [0, 0.05) is 13.1 Å². The summed E-state index contributed by atoms with van der Waals surface area (Å²) >= 11 is 0. The predicted molar refractivity (Wildman–Crippen MR) is 73.3 cm³/mol. The van der Waals surface area contributed by atoms with E-state index in [4.69, 9.17) is 0 Å². The molecule has 0 radical (unpaired) electrons. The molecule has 1 fully saturated rings. The van der Waals surface area contributed by atoms with Gasteiger partial charge in [0.15, 0.2) is 5.03 Å². The van der Waals surface area contributed by atoms with Crippen molar-refractivity contribution in [3.8, 4) is 0 Å². The second kappa shape index (κ2) is 6.02. The van der Waals surface area contributed by atoms with Crippen LogP contribution < -0.4 is 0 Å². The molecule has 108 valence electrons. The van der Waals surface area contributed by atoms with Crippen molar-refractivity contribution < 1.29 is 8.42 Å². The molecule has 1 saturated heterocycles. The molecule has 0 saturated carbocycles. The SMILES string of the molecule is CCCN1CCC(N(C)S(=O)(=O)c2cnc[nH]2)CC1. The molecule has 1 aromatic heterocycles. The largest absolute Gasteiger partial charge is 0.335 e. The molecule has 6 nitrogen and oxygen atoms in total. The van der Waals surface area contributed by atoms with Crippen molar-refractivity contribution in [3.63, 3.8) is 0 Å². The molecule has 0 aromatic carbocycles. The first kappa shape index (κ1) is 14.5. The van der Waals surface area contributed by atoms with Crippen molar-refractivity contribution in [2.24, 2.45) is 0 Å². The molecule has 0 atom stereocenters. The van der Waals surface area contributed by atoms with E-state index in [0.29, 0.717) is 0 Å². The van der Waals surface area contributed by atoms with Gasteiger partial charge < -0.3 is 9.88 Å². The van der Waals surface area contributed by atoms with E-state index in [9.17, 15) is 8.42 Å². The summed E-state index contributed by atoms with van der Waals surface area (Å²) in [4.78, 5) is 8.85. The summed E-state index contributed by atoms with van der Waals surface area (Å²) in [5, 5.41) is 0.172. The Balaban J connectivity index is 2.00. The van der Waals surface area contributed by atoms with Gasteiger partial charge in [-0.15, -0.1) is 0 Å². The van der Waals surface area contributed by atoms with Crippen molar-refractivity contribution in [2.75, 3.05) is 26.7 Å². The van der Waals surface area contributed by atoms with Crippen LogP contribution in [0.3, 0.4) is 0 Å². The lowest BCUT2D eigenvalue weighted by Gasteiger charge is -2.35. The maximum absolute atomic E-state index is 12.3. The van der Waals surface area contributed by atoms with Gasteiger partial charge in [0.1, 0.15) is 0 Å². The van der Waals surface area contributed by atoms with E-state index in [1.807, 2.05) is 0 Å². The zero-order valence-corrected chi connectivity index (χ0v) is 12.4. The number of nitrogens with one attached hydrogen (secondary N) is 1. The second-order valence-electron chi connectivity index (χ2n) is 5.01. The molecule has 0 spiro atoms. The van der Waals surface area contributed by atoms with Gasteiger partial charge >= 0.3 is 0 Å². The molecular formula is C12H22N4O2S. The van der Waals surface area contributed by atoms with Crippen LogP contribution in [0.4, 0.5) is 0 Å². The maximum Gasteiger partial charge on any atom is 0.260 e. The molecule has 2 rings (SSSR count). The summed E-state index contributed by atoms with van der Waals surface area (Å²) in [6.07, 6.45) is 5.68. The van der Waals surface area contributed by atoms with E-state index in [1.165, 1.54) is 16.8 Å². The highest BCUT2D eigenvalue weighted by atomic mass is 32.2. The smallest absolute Gasteiger partial charge is 0.260 e. The van der Waals surface area contributed by atoms with Gasteiger partial charge in [-0.3, -0.25) is 0 Å². The fourth-order valence-electron chi connectivity index (χ4n) is 2.56. The third-order valence-electron chi connectivity index (χ3n) is 3.74. The number of H-pyrrole nitrogens is 1. The van der Waals surface area contributed by atoms with Gasteiger partial charge in [0.2, 0.25) is 0 Å². The first-order chi connectivity index (χ1) is 9.05. The summed E-state index contributed by atoms with van der Waals surface area (Å²) in [7, 11) is -1.77. The first-order valence-corrected chi connectivity index (χ1v) is 8.18. The molecule has 1 aromatic rings. The average Bonchev–Trinajstić information content (AvgIpc) is 2.94. The number of hydrogen-bond acceptors (Lipinski definition) is 4. The lowest BCUT2D eigenvalue weighted by Crippen LogP contribution is -2.45. The third-order valence-corrected chi connectivity index (χ3v) is 5.58. The Hall–Kier alpha value is -0.920. The Kier molecular flexibility index (Phi) is 4.59. The van der Waals surface area contributed by atoms with Crippen LogP contribution in [0.5, 0.6) is 0 Å². The van der Waals surface area contributed by atoms with Gasteiger partial charge in [0.05, 0.1) is 12.5 Å². The van der Waals surface area contributed by atoms with Crippen LogP contribution in [-0.2, 0) is 10.0 Å². The average molecular weight is 286 g/mol. The van der Waals surface area contributed by atoms with Crippen LogP contribution in [0, 0.1) is 0 Å². The molecule has 1 aliphatic rings. The third kappa shape index (κ3) is 3.16. The number of aromatic amines is 1. The van der Waals surface area contributed by atoms with Crippen molar-refractivity contribution in [1.82, 2.24) is 19.2 Å². The van der Waals surface area contributed by atoms with E-state index >= 15 is 0 Å². The van der Waals surface area contributed by atoms with Crippen molar-refractivity contribution in [3.05, 3.63) is 12.5 Å². The standard InChI is InChI=1S/C12H22N4O2S/c1-3-6-16-7-4-11(5-8-16)15(2)19(17,18)12-9-13-10-14-12/h9-11H,3-8H2,1-2H3,(H,13,14). The Morgan fingerprint density at radius 1 is 1.47 bits per heavy atom. The van der Waals surface area contributed by atoms with Crippen LogP contribution >= 0.6 is 0 Å². The number of sulfonamides is 1. The zero-order chi connectivity index (χ0) is 13.9. The number of hydrogen-bond donors (Lipinski definition) is 1. The van der Waals surface area contributed by atoms with Crippen molar-refractivity contribution >= 4 is 10.0 Å². The van der Waals surface area contributed by atoms with Crippen LogP contribution in [0.15, 0.2) is 17.6 Å². The van der Waals surface area contributed by atoms with E-state index in [0.717, 1.165) is 38.9 Å². The molecule has 19 heavy (non-hydrogen) atoms. The van der Waals surface area contributed by atoms with Crippen LogP contribution in [0.2, 0.25) is 0 Å². The molecule has 2 heterocycles. The Bertz CT molecular complexity index is 478. The molecular weight excluding hydrogens is 264 g/mol. The van der Waals surface area contributed by atoms with E-state index in [1.54, 1.807) is 7.05 Å². The fourth-order valence-corrected chi connectivity index (χ4v) is 3.87. The molecule has 0 bridgehead atoms. The van der Waals surface area contributed by atoms with Gasteiger partial charge in [-0.1, -0.05) is 6.92 Å². The summed E-state index contributed by atoms with van der Waals surface area (Å²) in [6.45, 7) is 5.22. The van der Waals surface area contributed by atoms with E-state index in [-0.39, 0.29) is 11.1 Å². The second-order valence-corrected chi connectivity index (χ2v) is 6.98. The molecule has 0 unspecified atom stereocenters. The number of aromatic nitrogens is 2. The summed E-state index contributed by atoms with van der Waals surface area (Å²) in [5.41, 5.74) is 0. The molecule has 1 N–H and O–H groups in total. The molecule has 0 amide bonds. The van der Waals surface area contributed by atoms with Crippen LogP contribution in [0.1, 0.15) is 26.2 Å². The van der Waals surface area contributed by atoms with Gasteiger partial charge in [-0.25, -0.2) is 13.4 Å². The predicted octanol–water partition coefficient (Wildman–Crippen LogP) is 0.905. The zero-order valence-electron chi connectivity index (χ0n) is 11.5. The quantitative estimate of drug-likeness (QED) is 0.873. The summed E-state index contributed by atoms with van der Waals surface area (Å²) in [5.74, 6) is 0. The van der Waals surface area contributed by atoms with Gasteiger partial charge in [-0.05, 0) is 38.9 Å². The molecule has 1 aliphatic heterocycles. The lowest BCUT2D eigenvalue weighted by atomic mass is 10.1. The monoisotopic (exact) mass is 286 g/mol. The van der Waals surface area contributed by atoms with E-state index in [2.05, 4.69) is 21.8 Å². The minimum Gasteiger partial charge on any atom is -0.335 e. The summed E-state index contributed by atoms with van der Waals surface area (Å²) in [6, 6.07) is 0.0846. The number of likely N-dealkylation sites (tertiary alicyclic amines) is 1. The highest BCUT2D eigenvalue weighted by Crippen LogP contribution is 2.21. The van der Waals surface area contributed by atoms with Crippen molar-refractivity contribution in [1.29, 1.82) is 0 Å². The van der Waals surface area contributed by atoms with Gasteiger partial charge in [0.25, 0.3) is 10.0 Å². The van der Waals surface area contributed by atoms with Crippen LogP contribution in [0.25, 0.3) is 0 Å². The molecule has 0 aliphatic carbocycles. The Morgan fingerprint density at radius 2 is 2.16 bits per heavy atom. The van der Waals surface area contributed by atoms with E-state index < -0.39 is 10.0 Å². The Labute approximate surface area is 114 Å². The Morgan fingerprint density at radius 3 is 2.68 bits per heavy atom. The molecule has 7 heteroatoms. The highest BCUT2D eigenvalue weighted by Gasteiger charge is 2.31. The first-order valence-electron chi connectivity index (χ1n) is 6.74. The topological polar surface area (TPSA) is 69.3 Å². The number of nitrogens with zero attached hydrogens (tertiary/aromatic N) is 3. The number of piperidine rings is 1. The lowest BCUT2D eigenvalue weighted by molar-refractivity contribution is 0.170. The normalized spacial score (nSPS) is 19.1. The number of rotatable bonds is 5. The van der Waals surface area contributed by atoms with Crippen molar-refractivity contribution in [2.45, 2.75) is 37.3 Å². The van der Waals surface area contributed by atoms with Gasteiger partial charge in [-0.2, -0.15) is 4.31 Å².